The lowest BCUT2D eigenvalue weighted by molar-refractivity contribution is -0.125. The highest BCUT2D eigenvalue weighted by Gasteiger charge is 2.23. The number of halogens is 1. The molecule has 0 radical (unpaired) electrons. The highest BCUT2D eigenvalue weighted by molar-refractivity contribution is 9.09. The second-order valence-corrected chi connectivity index (χ2v) is 5.59. The van der Waals surface area contributed by atoms with Gasteiger partial charge in [-0.25, -0.2) is 0 Å². The van der Waals surface area contributed by atoms with Crippen LogP contribution >= 0.6 is 15.9 Å². The summed E-state index contributed by atoms with van der Waals surface area (Å²) in [4.78, 5) is 12.1. The zero-order valence-electron chi connectivity index (χ0n) is 11.0. The molecule has 0 spiro atoms. The first-order chi connectivity index (χ1) is 9.31. The van der Waals surface area contributed by atoms with Gasteiger partial charge in [-0.2, -0.15) is 0 Å². The predicted octanol–water partition coefficient (Wildman–Crippen LogP) is 2.32. The minimum Gasteiger partial charge on any atom is -0.379 e. The summed E-state index contributed by atoms with van der Waals surface area (Å²) in [6.45, 7) is 1.87. The van der Waals surface area contributed by atoms with E-state index >= 15 is 0 Å². The Kier molecular flexibility index (Phi) is 5.86. The Bertz CT molecular complexity index is 422. The van der Waals surface area contributed by atoms with Gasteiger partial charge in [0, 0.05) is 17.8 Å². The van der Waals surface area contributed by atoms with Crippen molar-refractivity contribution in [3.8, 4) is 0 Å². The van der Waals surface area contributed by atoms with Gasteiger partial charge in [0.1, 0.15) is 0 Å². The molecule has 1 N–H and O–H groups in total. The van der Waals surface area contributed by atoms with Gasteiger partial charge in [0.2, 0.25) is 5.91 Å². The molecule has 0 saturated heterocycles. The summed E-state index contributed by atoms with van der Waals surface area (Å²) in [5, 5.41) is 3.80. The van der Waals surface area contributed by atoms with Gasteiger partial charge in [0.05, 0.1) is 13.2 Å². The third-order valence-electron chi connectivity index (χ3n) is 3.48. The van der Waals surface area contributed by atoms with Crippen LogP contribution in [0, 0.1) is 5.92 Å². The number of aryl methyl sites for hydroxylation is 1. The van der Waals surface area contributed by atoms with Crippen LogP contribution in [0.25, 0.3) is 0 Å². The molecule has 104 valence electrons. The summed E-state index contributed by atoms with van der Waals surface area (Å²) < 4.78 is 5.32. The lowest BCUT2D eigenvalue weighted by atomic mass is 9.83. The monoisotopic (exact) mass is 325 g/mol. The summed E-state index contributed by atoms with van der Waals surface area (Å²) in [5.74, 6) is 0.281. The molecule has 0 heterocycles. The van der Waals surface area contributed by atoms with E-state index in [-0.39, 0.29) is 11.8 Å². The van der Waals surface area contributed by atoms with Crippen molar-refractivity contribution in [1.29, 1.82) is 0 Å². The maximum Gasteiger partial charge on any atom is 0.223 e. The molecule has 1 amide bonds. The highest BCUT2D eigenvalue weighted by atomic mass is 79.9. The summed E-state index contributed by atoms with van der Waals surface area (Å²) >= 11 is 3.30. The Morgan fingerprint density at radius 1 is 1.32 bits per heavy atom. The number of hydrogen-bond donors (Lipinski definition) is 1. The number of alkyl halides is 1. The number of carbonyl (C=O) groups excluding carboxylic acids is 1. The van der Waals surface area contributed by atoms with Crippen LogP contribution in [-0.4, -0.2) is 31.0 Å². The highest BCUT2D eigenvalue weighted by Crippen LogP contribution is 2.25. The van der Waals surface area contributed by atoms with E-state index in [0.717, 1.165) is 24.6 Å². The second kappa shape index (κ2) is 7.65. The topological polar surface area (TPSA) is 38.3 Å². The molecule has 3 nitrogen and oxygen atoms in total. The first-order valence-electron chi connectivity index (χ1n) is 6.79. The third-order valence-corrected chi connectivity index (χ3v) is 3.81. The Labute approximate surface area is 122 Å². The van der Waals surface area contributed by atoms with Crippen molar-refractivity contribution in [1.82, 2.24) is 5.32 Å². The number of carbonyl (C=O) groups is 1. The van der Waals surface area contributed by atoms with Crippen LogP contribution in [-0.2, 0) is 22.4 Å². The maximum absolute atomic E-state index is 12.1. The van der Waals surface area contributed by atoms with Gasteiger partial charge in [-0.3, -0.25) is 4.79 Å². The molecule has 0 saturated carbocycles. The van der Waals surface area contributed by atoms with Gasteiger partial charge in [0.25, 0.3) is 0 Å². The fraction of sp³-hybridized carbons (Fsp3) is 0.533. The molecule has 2 rings (SSSR count). The Balaban J connectivity index is 1.76. The summed E-state index contributed by atoms with van der Waals surface area (Å²) in [6, 6.07) is 8.42. The van der Waals surface area contributed by atoms with Gasteiger partial charge in [-0.1, -0.05) is 40.2 Å². The molecule has 1 aromatic carbocycles. The van der Waals surface area contributed by atoms with Gasteiger partial charge in [-0.05, 0) is 30.4 Å². The van der Waals surface area contributed by atoms with E-state index in [0.29, 0.717) is 19.8 Å². The van der Waals surface area contributed by atoms with Crippen LogP contribution in [0.2, 0.25) is 0 Å². The lowest BCUT2D eigenvalue weighted by Gasteiger charge is -2.23. The summed E-state index contributed by atoms with van der Waals surface area (Å²) in [6.07, 6.45) is 2.82. The maximum atomic E-state index is 12.1. The van der Waals surface area contributed by atoms with Crippen molar-refractivity contribution < 1.29 is 9.53 Å². The van der Waals surface area contributed by atoms with Gasteiger partial charge >= 0.3 is 0 Å². The smallest absolute Gasteiger partial charge is 0.223 e. The van der Waals surface area contributed by atoms with Crippen molar-refractivity contribution in [2.45, 2.75) is 19.3 Å². The molecule has 1 aromatic rings. The van der Waals surface area contributed by atoms with E-state index in [4.69, 9.17) is 4.74 Å². The van der Waals surface area contributed by atoms with E-state index in [9.17, 15) is 4.79 Å². The van der Waals surface area contributed by atoms with E-state index < -0.39 is 0 Å². The molecule has 1 aliphatic rings. The molecule has 1 atom stereocenters. The van der Waals surface area contributed by atoms with Crippen LogP contribution < -0.4 is 5.32 Å². The molecule has 0 fully saturated rings. The molecule has 0 aromatic heterocycles. The molecule has 19 heavy (non-hydrogen) atoms. The Hall–Kier alpha value is -0.870. The van der Waals surface area contributed by atoms with E-state index in [1.165, 1.54) is 11.1 Å². The average Bonchev–Trinajstić information content (AvgIpc) is 2.46. The normalized spacial score (nSPS) is 17.8. The second-order valence-electron chi connectivity index (χ2n) is 4.80. The fourth-order valence-electron chi connectivity index (χ4n) is 2.47. The zero-order valence-corrected chi connectivity index (χ0v) is 12.6. The van der Waals surface area contributed by atoms with E-state index in [2.05, 4.69) is 39.4 Å². The van der Waals surface area contributed by atoms with Crippen molar-refractivity contribution in [2.24, 2.45) is 5.92 Å². The van der Waals surface area contributed by atoms with Crippen molar-refractivity contribution in [3.63, 3.8) is 0 Å². The minimum absolute atomic E-state index is 0.117. The van der Waals surface area contributed by atoms with E-state index in [1.807, 2.05) is 6.07 Å². The number of benzene rings is 1. The average molecular weight is 326 g/mol. The molecule has 0 aliphatic heterocycles. The van der Waals surface area contributed by atoms with Gasteiger partial charge < -0.3 is 10.1 Å². The number of hydrogen-bond acceptors (Lipinski definition) is 2. The number of amides is 1. The zero-order chi connectivity index (χ0) is 13.5. The number of fused-ring (bicyclic) bond motifs is 1. The number of rotatable bonds is 6. The lowest BCUT2D eigenvalue weighted by Crippen LogP contribution is -2.36. The molecule has 1 unspecified atom stereocenters. The first kappa shape index (κ1) is 14.5. The first-order valence-corrected chi connectivity index (χ1v) is 7.91. The number of nitrogens with one attached hydrogen (secondary N) is 1. The SMILES string of the molecule is O=C(NCCOCCBr)C1CCc2ccccc2C1. The van der Waals surface area contributed by atoms with Crippen LogP contribution in [0.5, 0.6) is 0 Å². The van der Waals surface area contributed by atoms with Crippen LogP contribution in [0.3, 0.4) is 0 Å². The summed E-state index contributed by atoms with van der Waals surface area (Å²) in [7, 11) is 0. The predicted molar refractivity (Wildman–Crippen MR) is 79.6 cm³/mol. The van der Waals surface area contributed by atoms with Crippen LogP contribution in [0.4, 0.5) is 0 Å². The van der Waals surface area contributed by atoms with Crippen molar-refractivity contribution in [3.05, 3.63) is 35.4 Å². The number of ether oxygens (including phenoxy) is 1. The minimum atomic E-state index is 0.117. The van der Waals surface area contributed by atoms with Gasteiger partial charge in [0.15, 0.2) is 0 Å². The van der Waals surface area contributed by atoms with Crippen LogP contribution in [0.1, 0.15) is 17.5 Å². The molecule has 4 heteroatoms. The van der Waals surface area contributed by atoms with Crippen molar-refractivity contribution >= 4 is 21.8 Å². The van der Waals surface area contributed by atoms with Gasteiger partial charge in [-0.15, -0.1) is 0 Å². The summed E-state index contributed by atoms with van der Waals surface area (Å²) in [5.41, 5.74) is 2.72. The molecular weight excluding hydrogens is 306 g/mol. The van der Waals surface area contributed by atoms with Crippen LogP contribution in [0.15, 0.2) is 24.3 Å². The molecule has 0 bridgehead atoms. The third kappa shape index (κ3) is 4.32. The standard InChI is InChI=1S/C15H20BrNO2/c16-7-9-19-10-8-17-15(18)14-6-5-12-3-1-2-4-13(12)11-14/h1-4,14H,5-11H2,(H,17,18). The molecule has 1 aliphatic carbocycles. The quantitative estimate of drug-likeness (QED) is 0.644. The Morgan fingerprint density at radius 3 is 2.89 bits per heavy atom. The Morgan fingerprint density at radius 2 is 2.11 bits per heavy atom. The fourth-order valence-corrected chi connectivity index (χ4v) is 2.70. The molecular formula is C15H20BrNO2. The largest absolute Gasteiger partial charge is 0.379 e. The van der Waals surface area contributed by atoms with E-state index in [1.54, 1.807) is 0 Å². The van der Waals surface area contributed by atoms with Crippen molar-refractivity contribution in [2.75, 3.05) is 25.1 Å².